The number of ether oxygens (including phenoxy) is 1. The van der Waals surface area contributed by atoms with Crippen LogP contribution < -0.4 is 0 Å². The molecule has 4 saturated carbocycles. The SMILES string of the molecule is C=C1/C(=C\C=C2/CCC[C@]3(C)[C@@H](C4(COCC(O)(CC)CC)CC4)CC[C@@H]23)C[C@@H](O)C[C@H]1O. The average Bonchev–Trinajstić information content (AvgIpc) is 3.47. The van der Waals surface area contributed by atoms with Crippen LogP contribution in [-0.4, -0.2) is 46.3 Å². The summed E-state index contributed by atoms with van der Waals surface area (Å²) in [6.45, 7) is 11.9. The van der Waals surface area contributed by atoms with Crippen LogP contribution in [0, 0.1) is 22.7 Å². The highest BCUT2D eigenvalue weighted by atomic mass is 16.5. The normalized spacial score (nSPS) is 38.7. The molecule has 4 nitrogen and oxygen atoms in total. The molecule has 0 unspecified atom stereocenters. The zero-order valence-corrected chi connectivity index (χ0v) is 21.1. The van der Waals surface area contributed by atoms with Gasteiger partial charge in [-0.15, -0.1) is 0 Å². The quantitative estimate of drug-likeness (QED) is 0.451. The first-order valence-electron chi connectivity index (χ1n) is 13.4. The van der Waals surface area contributed by atoms with E-state index in [2.05, 4.69) is 25.7 Å². The molecule has 0 amide bonds. The zero-order chi connectivity index (χ0) is 23.9. The Hall–Kier alpha value is -0.940. The van der Waals surface area contributed by atoms with Crippen molar-refractivity contribution in [3.63, 3.8) is 0 Å². The molecular weight excluding hydrogens is 412 g/mol. The molecule has 5 atom stereocenters. The maximum Gasteiger partial charge on any atom is 0.0874 e. The Morgan fingerprint density at radius 2 is 1.85 bits per heavy atom. The minimum Gasteiger partial charge on any atom is -0.393 e. The molecule has 0 radical (unpaired) electrons. The third-order valence-electron chi connectivity index (χ3n) is 9.94. The van der Waals surface area contributed by atoms with E-state index in [0.29, 0.717) is 42.1 Å². The van der Waals surface area contributed by atoms with Crippen LogP contribution in [0.25, 0.3) is 0 Å². The van der Waals surface area contributed by atoms with Crippen molar-refractivity contribution in [3.8, 4) is 0 Å². The van der Waals surface area contributed by atoms with E-state index >= 15 is 0 Å². The van der Waals surface area contributed by atoms with Crippen LogP contribution in [0.15, 0.2) is 35.5 Å². The van der Waals surface area contributed by atoms with E-state index in [4.69, 9.17) is 4.74 Å². The van der Waals surface area contributed by atoms with E-state index in [9.17, 15) is 15.3 Å². The van der Waals surface area contributed by atoms with Gasteiger partial charge in [-0.3, -0.25) is 0 Å². The molecule has 0 bridgehead atoms. The standard InChI is InChI=1S/C29H46O4/c1-5-29(32,6-2)19-33-18-28(14-15-28)26-12-11-24-21(8-7-13-27(24,26)4)9-10-22-16-23(30)17-25(31)20(22)3/h9-10,23-26,30-32H,3,5-8,11-19H2,1-2,4H3/b21-9+,22-10-/t23-,24+,25-,26+,27+/m1/s1. The number of hydrogen-bond acceptors (Lipinski definition) is 4. The van der Waals surface area contributed by atoms with Crippen LogP contribution in [-0.2, 0) is 4.74 Å². The van der Waals surface area contributed by atoms with E-state index in [0.717, 1.165) is 37.0 Å². The highest BCUT2D eigenvalue weighted by Crippen LogP contribution is 2.68. The van der Waals surface area contributed by atoms with Crippen molar-refractivity contribution in [1.82, 2.24) is 0 Å². The Labute approximate surface area is 200 Å². The number of hydrogen-bond donors (Lipinski definition) is 3. The summed E-state index contributed by atoms with van der Waals surface area (Å²) in [6.07, 6.45) is 14.5. The third-order valence-corrected chi connectivity index (χ3v) is 9.94. The molecule has 0 spiro atoms. The molecule has 4 aliphatic rings. The summed E-state index contributed by atoms with van der Waals surface area (Å²) < 4.78 is 6.20. The van der Waals surface area contributed by atoms with Crippen molar-refractivity contribution in [3.05, 3.63) is 35.5 Å². The summed E-state index contributed by atoms with van der Waals surface area (Å²) in [4.78, 5) is 0. The molecule has 4 fully saturated rings. The molecule has 0 aliphatic heterocycles. The molecule has 4 rings (SSSR count). The van der Waals surface area contributed by atoms with Gasteiger partial charge in [-0.05, 0) is 98.0 Å². The summed E-state index contributed by atoms with van der Waals surface area (Å²) in [5.74, 6) is 1.30. The lowest BCUT2D eigenvalue weighted by atomic mass is 9.60. The van der Waals surface area contributed by atoms with Crippen molar-refractivity contribution in [2.24, 2.45) is 22.7 Å². The first kappa shape index (κ1) is 25.2. The van der Waals surface area contributed by atoms with Crippen molar-refractivity contribution >= 4 is 0 Å². The summed E-state index contributed by atoms with van der Waals surface area (Å²) in [5, 5.41) is 30.9. The first-order valence-corrected chi connectivity index (χ1v) is 13.4. The molecule has 4 heteroatoms. The fourth-order valence-corrected chi connectivity index (χ4v) is 7.36. The van der Waals surface area contributed by atoms with Gasteiger partial charge < -0.3 is 20.1 Å². The molecule has 3 N–H and O–H groups in total. The molecule has 0 aromatic heterocycles. The second kappa shape index (κ2) is 9.60. The van der Waals surface area contributed by atoms with Crippen LogP contribution in [0.1, 0.15) is 91.4 Å². The van der Waals surface area contributed by atoms with Crippen molar-refractivity contribution < 1.29 is 20.1 Å². The number of allylic oxidation sites excluding steroid dienone is 3. The minimum absolute atomic E-state index is 0.304. The first-order chi connectivity index (χ1) is 15.7. The van der Waals surface area contributed by atoms with E-state index in [-0.39, 0.29) is 0 Å². The van der Waals surface area contributed by atoms with Crippen molar-refractivity contribution in [2.75, 3.05) is 13.2 Å². The number of aliphatic hydroxyl groups excluding tert-OH is 2. The predicted octanol–water partition coefficient (Wildman–Crippen LogP) is 5.48. The Kier molecular flexibility index (Phi) is 7.32. The highest BCUT2D eigenvalue weighted by molar-refractivity contribution is 5.38. The molecule has 0 heterocycles. The van der Waals surface area contributed by atoms with Crippen LogP contribution in [0.4, 0.5) is 0 Å². The van der Waals surface area contributed by atoms with Crippen molar-refractivity contribution in [1.29, 1.82) is 0 Å². The van der Waals surface area contributed by atoms with Crippen LogP contribution >= 0.6 is 0 Å². The molecule has 0 aromatic rings. The summed E-state index contributed by atoms with van der Waals surface area (Å²) in [6, 6.07) is 0. The van der Waals surface area contributed by atoms with E-state index < -0.39 is 17.8 Å². The summed E-state index contributed by atoms with van der Waals surface area (Å²) >= 11 is 0. The Balaban J connectivity index is 1.46. The highest BCUT2D eigenvalue weighted by Gasteiger charge is 2.61. The molecule has 4 aliphatic carbocycles. The summed E-state index contributed by atoms with van der Waals surface area (Å²) in [7, 11) is 0. The van der Waals surface area contributed by atoms with Gasteiger partial charge in [0.2, 0.25) is 0 Å². The maximum atomic E-state index is 10.6. The zero-order valence-electron chi connectivity index (χ0n) is 21.1. The Morgan fingerprint density at radius 1 is 1.12 bits per heavy atom. The van der Waals surface area contributed by atoms with E-state index in [1.54, 1.807) is 5.57 Å². The van der Waals surface area contributed by atoms with Gasteiger partial charge >= 0.3 is 0 Å². The molecule has 0 saturated heterocycles. The lowest BCUT2D eigenvalue weighted by Crippen LogP contribution is -2.40. The fourth-order valence-electron chi connectivity index (χ4n) is 7.36. The average molecular weight is 459 g/mol. The van der Waals surface area contributed by atoms with E-state index in [1.165, 1.54) is 38.5 Å². The molecule has 33 heavy (non-hydrogen) atoms. The lowest BCUT2D eigenvalue weighted by Gasteiger charge is -2.45. The number of aliphatic hydroxyl groups is 3. The Bertz CT molecular complexity index is 787. The fraction of sp³-hybridized carbons (Fsp3) is 0.793. The molecule has 186 valence electrons. The second-order valence-electron chi connectivity index (χ2n) is 11.9. The van der Waals surface area contributed by atoms with E-state index in [1.807, 2.05) is 13.8 Å². The summed E-state index contributed by atoms with van der Waals surface area (Å²) in [5.41, 5.74) is 3.26. The van der Waals surface area contributed by atoms with Gasteiger partial charge in [0.1, 0.15) is 0 Å². The predicted molar refractivity (Wildman–Crippen MR) is 133 cm³/mol. The maximum absolute atomic E-state index is 10.6. The van der Waals surface area contributed by atoms with Gasteiger partial charge in [0.05, 0.1) is 31.0 Å². The molecular formula is C29H46O4. The van der Waals surface area contributed by atoms with Gasteiger partial charge in [-0.2, -0.15) is 0 Å². The minimum atomic E-state index is -0.684. The van der Waals surface area contributed by atoms with Gasteiger partial charge in [-0.1, -0.05) is 45.1 Å². The topological polar surface area (TPSA) is 69.9 Å². The molecule has 0 aromatic carbocycles. The van der Waals surface area contributed by atoms with Gasteiger partial charge in [0.25, 0.3) is 0 Å². The van der Waals surface area contributed by atoms with Crippen molar-refractivity contribution in [2.45, 2.75) is 109 Å². The monoisotopic (exact) mass is 458 g/mol. The Morgan fingerprint density at radius 3 is 2.52 bits per heavy atom. The lowest BCUT2D eigenvalue weighted by molar-refractivity contribution is -0.0731. The van der Waals surface area contributed by atoms with Crippen LogP contribution in [0.2, 0.25) is 0 Å². The smallest absolute Gasteiger partial charge is 0.0874 e. The number of rotatable bonds is 8. The van der Waals surface area contributed by atoms with Gasteiger partial charge in [0, 0.05) is 6.42 Å². The largest absolute Gasteiger partial charge is 0.393 e. The number of fused-ring (bicyclic) bond motifs is 1. The third kappa shape index (κ3) is 4.91. The second-order valence-corrected chi connectivity index (χ2v) is 11.9. The van der Waals surface area contributed by atoms with Gasteiger partial charge in [-0.25, -0.2) is 0 Å². The van der Waals surface area contributed by atoms with Crippen LogP contribution in [0.5, 0.6) is 0 Å². The van der Waals surface area contributed by atoms with Crippen LogP contribution in [0.3, 0.4) is 0 Å². The van der Waals surface area contributed by atoms with Gasteiger partial charge in [0.15, 0.2) is 0 Å².